The average molecular weight is 568 g/mol. The van der Waals surface area contributed by atoms with Crippen LogP contribution in [0.2, 0.25) is 0 Å². The smallest absolute Gasteiger partial charge is 0.175 e. The van der Waals surface area contributed by atoms with E-state index in [1.165, 1.54) is 12.1 Å². The second-order valence-corrected chi connectivity index (χ2v) is 10.7. The molecule has 0 bridgehead atoms. The third-order valence-corrected chi connectivity index (χ3v) is 7.98. The van der Waals surface area contributed by atoms with Crippen LogP contribution in [0.3, 0.4) is 0 Å². The first-order chi connectivity index (χ1) is 17.9. The molecular weight excluding hydrogens is 537 g/mol. The summed E-state index contributed by atoms with van der Waals surface area (Å²) in [5, 5.41) is 0. The van der Waals surface area contributed by atoms with Crippen molar-refractivity contribution < 1.29 is 23.5 Å². The van der Waals surface area contributed by atoms with Crippen LogP contribution >= 0.6 is 15.9 Å². The van der Waals surface area contributed by atoms with Crippen LogP contribution in [0.15, 0.2) is 63.4 Å². The van der Waals surface area contributed by atoms with Crippen LogP contribution in [0.5, 0.6) is 11.5 Å². The van der Waals surface area contributed by atoms with E-state index < -0.39 is 5.92 Å². The molecule has 0 N–H and O–H groups in total. The van der Waals surface area contributed by atoms with Gasteiger partial charge in [0, 0.05) is 47.8 Å². The summed E-state index contributed by atoms with van der Waals surface area (Å²) in [6.45, 7) is 3.11. The molecule has 0 radical (unpaired) electrons. The van der Waals surface area contributed by atoms with E-state index in [0.717, 1.165) is 66.8 Å². The second kappa shape index (κ2) is 10.8. The van der Waals surface area contributed by atoms with Crippen molar-refractivity contribution in [1.29, 1.82) is 0 Å². The highest BCUT2D eigenvalue weighted by Crippen LogP contribution is 2.51. The van der Waals surface area contributed by atoms with Crippen LogP contribution in [-0.4, -0.2) is 30.1 Å². The average Bonchev–Trinajstić information content (AvgIpc) is 2.88. The molecule has 2 aromatic rings. The lowest BCUT2D eigenvalue weighted by Gasteiger charge is -2.44. The number of carbonyl (C=O) groups is 2. The Morgan fingerprint density at radius 1 is 1.00 bits per heavy atom. The Morgan fingerprint density at radius 2 is 1.68 bits per heavy atom. The second-order valence-electron chi connectivity index (χ2n) is 9.81. The minimum Gasteiger partial charge on any atom is -0.493 e. The van der Waals surface area contributed by atoms with Gasteiger partial charge in [-0.2, -0.15) is 0 Å². The van der Waals surface area contributed by atoms with Gasteiger partial charge in [0.15, 0.2) is 23.1 Å². The standard InChI is InChI=1S/C30H31BrFNO4/c1-3-13-33-22-9-5-11-24(34)28(22)27(29-23(33)10-6-12-25(29)35)19-15-21(31)30(26(16-19)36-2)37-17-18-7-4-8-20(32)14-18/h4,7-8,14-16,27H,3,5-6,9-13,17H2,1-2H3. The van der Waals surface area contributed by atoms with Crippen LogP contribution in [-0.2, 0) is 16.2 Å². The summed E-state index contributed by atoms with van der Waals surface area (Å²) < 4.78 is 26.0. The number of ether oxygens (including phenoxy) is 2. The molecule has 2 aliphatic carbocycles. The van der Waals surface area contributed by atoms with E-state index in [9.17, 15) is 14.0 Å². The topological polar surface area (TPSA) is 55.8 Å². The van der Waals surface area contributed by atoms with Gasteiger partial charge in [0.05, 0.1) is 11.6 Å². The van der Waals surface area contributed by atoms with Crippen molar-refractivity contribution in [3.63, 3.8) is 0 Å². The van der Waals surface area contributed by atoms with Gasteiger partial charge in [-0.1, -0.05) is 19.1 Å². The summed E-state index contributed by atoms with van der Waals surface area (Å²) in [6, 6.07) is 10.1. The summed E-state index contributed by atoms with van der Waals surface area (Å²) in [4.78, 5) is 29.1. The fourth-order valence-corrected chi connectivity index (χ4v) is 6.45. The number of Topliss-reactive ketones (excluding diaryl/α,β-unsaturated/α-hetero) is 2. The molecule has 2 aromatic carbocycles. The van der Waals surface area contributed by atoms with Crippen molar-refractivity contribution in [2.45, 2.75) is 64.4 Å². The molecule has 0 fully saturated rings. The number of methoxy groups -OCH3 is 1. The molecule has 3 aliphatic rings. The Morgan fingerprint density at radius 3 is 2.27 bits per heavy atom. The number of halogens is 2. The van der Waals surface area contributed by atoms with Crippen molar-refractivity contribution in [2.24, 2.45) is 0 Å². The monoisotopic (exact) mass is 567 g/mol. The van der Waals surface area contributed by atoms with Gasteiger partial charge in [0.1, 0.15) is 12.4 Å². The van der Waals surface area contributed by atoms with Gasteiger partial charge in [-0.3, -0.25) is 9.59 Å². The molecule has 0 spiro atoms. The molecule has 1 aliphatic heterocycles. The zero-order valence-corrected chi connectivity index (χ0v) is 22.8. The fourth-order valence-electron chi connectivity index (χ4n) is 5.87. The normalized spacial score (nSPS) is 18.2. The van der Waals surface area contributed by atoms with E-state index in [1.54, 1.807) is 19.2 Å². The maximum absolute atomic E-state index is 13.6. The minimum atomic E-state index is -0.416. The Labute approximate surface area is 225 Å². The van der Waals surface area contributed by atoms with E-state index in [1.807, 2.05) is 12.1 Å². The molecule has 5 nitrogen and oxygen atoms in total. The van der Waals surface area contributed by atoms with Crippen molar-refractivity contribution >= 4 is 27.5 Å². The van der Waals surface area contributed by atoms with Crippen LogP contribution in [0.1, 0.15) is 68.9 Å². The van der Waals surface area contributed by atoms with Gasteiger partial charge in [0.2, 0.25) is 0 Å². The molecule has 7 heteroatoms. The number of benzene rings is 2. The van der Waals surface area contributed by atoms with Crippen LogP contribution < -0.4 is 9.47 Å². The summed E-state index contributed by atoms with van der Waals surface area (Å²) in [6.07, 6.45) is 5.29. The van der Waals surface area contributed by atoms with E-state index in [-0.39, 0.29) is 24.0 Å². The fraction of sp³-hybridized carbons (Fsp3) is 0.400. The van der Waals surface area contributed by atoms with Gasteiger partial charge >= 0.3 is 0 Å². The maximum atomic E-state index is 13.6. The predicted octanol–water partition coefficient (Wildman–Crippen LogP) is 7.00. The first-order valence-corrected chi connectivity index (χ1v) is 13.8. The van der Waals surface area contributed by atoms with Gasteiger partial charge < -0.3 is 14.4 Å². The quantitative estimate of drug-likeness (QED) is 0.360. The lowest BCUT2D eigenvalue weighted by molar-refractivity contribution is -0.117. The van der Waals surface area contributed by atoms with Crippen molar-refractivity contribution in [3.8, 4) is 11.5 Å². The molecule has 0 saturated heterocycles. The number of rotatable bonds is 7. The number of allylic oxidation sites excluding steroid dienone is 4. The Kier molecular flexibility index (Phi) is 7.52. The first kappa shape index (κ1) is 25.7. The number of nitrogens with zero attached hydrogens (tertiary/aromatic N) is 1. The Hall–Kier alpha value is -2.93. The SMILES string of the molecule is CCCN1C2=C(C(=O)CCC2)C(c2cc(Br)c(OCc3cccc(F)c3)c(OC)c2)C2=C1CCCC2=O. The third-order valence-electron chi connectivity index (χ3n) is 7.39. The molecule has 194 valence electrons. The van der Waals surface area contributed by atoms with E-state index >= 15 is 0 Å². The summed E-state index contributed by atoms with van der Waals surface area (Å²) >= 11 is 3.65. The molecule has 1 heterocycles. The number of ketones is 2. The molecule has 0 aromatic heterocycles. The van der Waals surface area contributed by atoms with E-state index in [0.29, 0.717) is 34.4 Å². The van der Waals surface area contributed by atoms with Crippen molar-refractivity contribution in [2.75, 3.05) is 13.7 Å². The Balaban J connectivity index is 1.60. The van der Waals surface area contributed by atoms with Gasteiger partial charge in [-0.15, -0.1) is 0 Å². The van der Waals surface area contributed by atoms with Gasteiger partial charge in [0.25, 0.3) is 0 Å². The number of hydrogen-bond acceptors (Lipinski definition) is 5. The molecular formula is C30H31BrFNO4. The summed E-state index contributed by atoms with van der Waals surface area (Å²) in [5.74, 6) is 0.498. The van der Waals surface area contributed by atoms with Gasteiger partial charge in [-0.25, -0.2) is 4.39 Å². The van der Waals surface area contributed by atoms with Crippen LogP contribution in [0.25, 0.3) is 0 Å². The molecule has 5 rings (SSSR count). The molecule has 37 heavy (non-hydrogen) atoms. The number of carbonyl (C=O) groups excluding carboxylic acids is 2. The summed E-state index contributed by atoms with van der Waals surface area (Å²) in [7, 11) is 1.57. The minimum absolute atomic E-state index is 0.124. The zero-order chi connectivity index (χ0) is 26.1. The molecule has 0 unspecified atom stereocenters. The first-order valence-electron chi connectivity index (χ1n) is 13.0. The molecule has 0 saturated carbocycles. The lowest BCUT2D eigenvalue weighted by atomic mass is 9.71. The highest BCUT2D eigenvalue weighted by Gasteiger charge is 2.43. The molecule has 0 amide bonds. The van der Waals surface area contributed by atoms with Crippen molar-refractivity contribution in [1.82, 2.24) is 4.90 Å². The predicted molar refractivity (Wildman–Crippen MR) is 143 cm³/mol. The highest BCUT2D eigenvalue weighted by atomic mass is 79.9. The van der Waals surface area contributed by atoms with Gasteiger partial charge in [-0.05, 0) is 83.4 Å². The number of hydrogen-bond donors (Lipinski definition) is 0. The Bertz CT molecular complexity index is 1270. The van der Waals surface area contributed by atoms with Crippen molar-refractivity contribution in [3.05, 3.63) is 80.4 Å². The summed E-state index contributed by atoms with van der Waals surface area (Å²) in [5.41, 5.74) is 5.22. The van der Waals surface area contributed by atoms with E-state index in [2.05, 4.69) is 27.8 Å². The maximum Gasteiger partial charge on any atom is 0.175 e. The molecule has 0 atom stereocenters. The third kappa shape index (κ3) is 4.86. The van der Waals surface area contributed by atoms with Crippen LogP contribution in [0, 0.1) is 5.82 Å². The largest absolute Gasteiger partial charge is 0.493 e. The lowest BCUT2D eigenvalue weighted by Crippen LogP contribution is -2.39. The highest BCUT2D eigenvalue weighted by molar-refractivity contribution is 9.10. The van der Waals surface area contributed by atoms with Crippen LogP contribution in [0.4, 0.5) is 4.39 Å². The zero-order valence-electron chi connectivity index (χ0n) is 21.2. The van der Waals surface area contributed by atoms with E-state index in [4.69, 9.17) is 9.47 Å².